The normalized spacial score (nSPS) is 35.2. The second-order valence-electron chi connectivity index (χ2n) is 2.72. The zero-order valence-electron chi connectivity index (χ0n) is 6.61. The minimum absolute atomic E-state index is 0.0230. The van der Waals surface area contributed by atoms with Crippen LogP contribution in [-0.2, 0) is 13.8 Å². The van der Waals surface area contributed by atoms with E-state index in [0.29, 0.717) is 0 Å². The molecule has 0 spiro atoms. The summed E-state index contributed by atoms with van der Waals surface area (Å²) in [6, 6.07) is 0. The smallest absolute Gasteiger partial charge is 0.390 e. The third-order valence-corrected chi connectivity index (χ3v) is 2.10. The fourth-order valence-corrected chi connectivity index (χ4v) is 1.37. The van der Waals surface area contributed by atoms with Crippen molar-refractivity contribution in [2.24, 2.45) is 0 Å². The van der Waals surface area contributed by atoms with Crippen molar-refractivity contribution < 1.29 is 33.8 Å². The van der Waals surface area contributed by atoms with E-state index in [0.717, 1.165) is 0 Å². The van der Waals surface area contributed by atoms with Gasteiger partial charge in [0.15, 0.2) is 6.29 Å². The van der Waals surface area contributed by atoms with Gasteiger partial charge in [-0.25, -0.2) is 4.57 Å². The van der Waals surface area contributed by atoms with Gasteiger partial charge >= 0.3 is 7.82 Å². The van der Waals surface area contributed by atoms with Crippen molar-refractivity contribution in [3.8, 4) is 0 Å². The quantitative estimate of drug-likeness (QED) is 0.338. The molecule has 7 nitrogen and oxygen atoms in total. The lowest BCUT2D eigenvalue weighted by molar-refractivity contribution is -0.106. The molecule has 3 atom stereocenters. The van der Waals surface area contributed by atoms with Crippen LogP contribution in [0.25, 0.3) is 0 Å². The van der Waals surface area contributed by atoms with Crippen LogP contribution < -0.4 is 0 Å². The van der Waals surface area contributed by atoms with Crippen molar-refractivity contribution >= 4 is 7.82 Å². The molecule has 0 radical (unpaired) electrons. The maximum absolute atomic E-state index is 10.2. The summed E-state index contributed by atoms with van der Waals surface area (Å²) in [5.74, 6) is 0. The van der Waals surface area contributed by atoms with E-state index >= 15 is 0 Å². The first-order valence-corrected chi connectivity index (χ1v) is 5.13. The molecule has 0 aromatic heterocycles. The molecule has 0 aliphatic carbocycles. The van der Waals surface area contributed by atoms with Gasteiger partial charge in [-0.3, -0.25) is 4.52 Å². The Bertz CT molecular complexity index is 213. The predicted molar refractivity (Wildman–Crippen MR) is 39.5 cm³/mol. The first-order chi connectivity index (χ1) is 5.88. The highest BCUT2D eigenvalue weighted by atomic mass is 31.2. The van der Waals surface area contributed by atoms with E-state index in [9.17, 15) is 4.57 Å². The highest BCUT2D eigenvalue weighted by Gasteiger charge is 2.34. The largest absolute Gasteiger partial charge is 0.469 e. The predicted octanol–water partition coefficient (Wildman–Crippen LogP) is -1.44. The zero-order chi connectivity index (χ0) is 10.1. The third kappa shape index (κ3) is 3.70. The lowest BCUT2D eigenvalue weighted by Crippen LogP contribution is -2.25. The second kappa shape index (κ2) is 4.02. The Morgan fingerprint density at radius 2 is 2.08 bits per heavy atom. The molecule has 13 heavy (non-hydrogen) atoms. The topological polar surface area (TPSA) is 116 Å². The molecule has 1 fully saturated rings. The number of rotatable bonds is 3. The highest BCUT2D eigenvalue weighted by molar-refractivity contribution is 7.46. The van der Waals surface area contributed by atoms with Gasteiger partial charge in [0.25, 0.3) is 0 Å². The van der Waals surface area contributed by atoms with Gasteiger partial charge in [0, 0.05) is 6.42 Å². The van der Waals surface area contributed by atoms with Crippen LogP contribution in [0.5, 0.6) is 0 Å². The molecule has 0 saturated carbocycles. The van der Waals surface area contributed by atoms with Crippen molar-refractivity contribution in [1.82, 2.24) is 0 Å². The highest BCUT2D eigenvalue weighted by Crippen LogP contribution is 2.36. The number of ether oxygens (including phenoxy) is 1. The van der Waals surface area contributed by atoms with Gasteiger partial charge in [0.2, 0.25) is 0 Å². The fourth-order valence-electron chi connectivity index (χ4n) is 1.03. The molecule has 1 saturated heterocycles. The maximum atomic E-state index is 10.2. The molecular weight excluding hydrogens is 206 g/mol. The Morgan fingerprint density at radius 1 is 1.46 bits per heavy atom. The van der Waals surface area contributed by atoms with Crippen molar-refractivity contribution in [3.05, 3.63) is 0 Å². The van der Waals surface area contributed by atoms with Gasteiger partial charge in [-0.05, 0) is 0 Å². The van der Waals surface area contributed by atoms with E-state index in [4.69, 9.17) is 24.7 Å². The summed E-state index contributed by atoms with van der Waals surface area (Å²) in [6.45, 7) is -0.442. The molecule has 1 aliphatic rings. The summed E-state index contributed by atoms with van der Waals surface area (Å²) >= 11 is 0. The van der Waals surface area contributed by atoms with Crippen LogP contribution in [-0.4, -0.2) is 45.1 Å². The van der Waals surface area contributed by atoms with Gasteiger partial charge in [0.1, 0.15) is 6.10 Å². The summed E-state index contributed by atoms with van der Waals surface area (Å²) in [6.07, 6.45) is -2.92. The molecule has 0 aromatic carbocycles. The zero-order valence-corrected chi connectivity index (χ0v) is 7.50. The van der Waals surface area contributed by atoms with Crippen LogP contribution in [0.15, 0.2) is 0 Å². The van der Waals surface area contributed by atoms with E-state index in [2.05, 4.69) is 4.52 Å². The Balaban J connectivity index is 2.34. The van der Waals surface area contributed by atoms with Gasteiger partial charge in [-0.1, -0.05) is 0 Å². The molecule has 0 amide bonds. The Morgan fingerprint density at radius 3 is 2.46 bits per heavy atom. The summed E-state index contributed by atoms with van der Waals surface area (Å²) in [5, 5.41) is 18.0. The average molecular weight is 217 g/mol. The standard InChI is InChI=1S/C5H11O7P/c6-3-1-5(7)12-4(3)2-11-13(8,9)10/h3-7H,1-2H2,(H2,8,9,10)/t3-,4+,5?/m0/s1/i1+1,2+1,5+1. The van der Waals surface area contributed by atoms with Crippen molar-refractivity contribution in [3.63, 3.8) is 0 Å². The fraction of sp³-hybridized carbons (Fsp3) is 1.00. The van der Waals surface area contributed by atoms with Crippen molar-refractivity contribution in [1.29, 1.82) is 0 Å². The summed E-state index contributed by atoms with van der Waals surface area (Å²) in [5.41, 5.74) is 0. The molecule has 1 unspecified atom stereocenters. The van der Waals surface area contributed by atoms with E-state index in [1.807, 2.05) is 0 Å². The second-order valence-corrected chi connectivity index (χ2v) is 3.96. The van der Waals surface area contributed by atoms with Crippen LogP contribution >= 0.6 is 7.82 Å². The SMILES string of the molecule is O=P(O)(O)O[13CH2][C@H]1O[13CH](O)[13CH2][C@@H]1O. The van der Waals surface area contributed by atoms with Crippen LogP contribution in [0.1, 0.15) is 6.42 Å². The van der Waals surface area contributed by atoms with Crippen LogP contribution in [0, 0.1) is 0 Å². The molecule has 1 heterocycles. The summed E-state index contributed by atoms with van der Waals surface area (Å²) in [7, 11) is -4.54. The maximum Gasteiger partial charge on any atom is 0.469 e. The minimum Gasteiger partial charge on any atom is -0.390 e. The summed E-state index contributed by atoms with van der Waals surface area (Å²) < 4.78 is 19.1. The first-order valence-electron chi connectivity index (χ1n) is 3.60. The van der Waals surface area contributed by atoms with Gasteiger partial charge < -0.3 is 24.7 Å². The average Bonchev–Trinajstić information content (AvgIpc) is 2.24. The Kier molecular flexibility index (Phi) is 3.42. The molecule has 78 valence electrons. The van der Waals surface area contributed by atoms with E-state index in [-0.39, 0.29) is 6.42 Å². The van der Waals surface area contributed by atoms with Gasteiger partial charge in [-0.2, -0.15) is 0 Å². The third-order valence-electron chi connectivity index (χ3n) is 1.61. The first kappa shape index (κ1) is 11.1. The molecule has 1 rings (SSSR count). The number of aliphatic hydroxyl groups is 2. The lowest BCUT2D eigenvalue weighted by atomic mass is 10.4. The molecule has 0 bridgehead atoms. The molecule has 4 N–H and O–H groups in total. The van der Waals surface area contributed by atoms with E-state index in [1.54, 1.807) is 0 Å². The molecule has 0 aromatic rings. The Labute approximate surface area is 74.1 Å². The number of phosphoric acid groups is 1. The Hall–Kier alpha value is -0.0100. The molecule has 8 heteroatoms. The van der Waals surface area contributed by atoms with Crippen LogP contribution in [0.3, 0.4) is 0 Å². The minimum atomic E-state index is -4.54. The number of aliphatic hydroxyl groups excluding tert-OH is 2. The lowest BCUT2D eigenvalue weighted by Gasteiger charge is -2.13. The molecule has 1 aliphatic heterocycles. The van der Waals surface area contributed by atoms with Gasteiger partial charge in [0.05, 0.1) is 12.7 Å². The number of hydrogen-bond acceptors (Lipinski definition) is 5. The number of hydrogen-bond donors (Lipinski definition) is 4. The van der Waals surface area contributed by atoms with Crippen LogP contribution in [0.2, 0.25) is 0 Å². The van der Waals surface area contributed by atoms with Gasteiger partial charge in [-0.15, -0.1) is 0 Å². The van der Waals surface area contributed by atoms with Crippen molar-refractivity contribution in [2.75, 3.05) is 6.61 Å². The number of phosphoric ester groups is 1. The molecular formula is C5H11O7P. The monoisotopic (exact) mass is 217 g/mol. The van der Waals surface area contributed by atoms with Crippen molar-refractivity contribution in [2.45, 2.75) is 24.9 Å². The van der Waals surface area contributed by atoms with Crippen LogP contribution in [0.4, 0.5) is 0 Å². The summed E-state index contributed by atoms with van der Waals surface area (Å²) in [4.78, 5) is 16.6. The van der Waals surface area contributed by atoms with E-state index < -0.39 is 32.9 Å². The van der Waals surface area contributed by atoms with E-state index in [1.165, 1.54) is 0 Å².